The molecule has 1 saturated heterocycles. The van der Waals surface area contributed by atoms with Crippen molar-refractivity contribution < 1.29 is 23.8 Å². The number of alkyl halides is 1. The molecule has 1 fully saturated rings. The Kier molecular flexibility index (Phi) is 4.53. The standard InChI is InChI=1S/C12H20FNO4/c1-12(2,3)18-11(17)14-6-4-8(10(15)16)9(13)5-7-14/h8-9H,4-7H2,1-3H3,(H,15,16)/t8-,9+/m1/s1. The molecule has 0 aliphatic carbocycles. The Hall–Kier alpha value is -1.33. The molecule has 5 nitrogen and oxygen atoms in total. The Bertz CT molecular complexity index is 327. The van der Waals surface area contributed by atoms with Crippen molar-refractivity contribution in [3.8, 4) is 0 Å². The van der Waals surface area contributed by atoms with Crippen LogP contribution in [0.5, 0.6) is 0 Å². The van der Waals surface area contributed by atoms with Crippen molar-refractivity contribution in [1.82, 2.24) is 4.90 Å². The minimum Gasteiger partial charge on any atom is -0.481 e. The van der Waals surface area contributed by atoms with Crippen molar-refractivity contribution in [2.75, 3.05) is 13.1 Å². The second-order valence-electron chi connectivity index (χ2n) is 5.51. The second kappa shape index (κ2) is 5.54. The van der Waals surface area contributed by atoms with Gasteiger partial charge >= 0.3 is 12.1 Å². The van der Waals surface area contributed by atoms with Gasteiger partial charge in [-0.3, -0.25) is 4.79 Å². The van der Waals surface area contributed by atoms with Crippen molar-refractivity contribution in [3.63, 3.8) is 0 Å². The number of likely N-dealkylation sites (tertiary alicyclic amines) is 1. The van der Waals surface area contributed by atoms with Crippen molar-refractivity contribution in [2.24, 2.45) is 5.92 Å². The molecule has 0 aromatic heterocycles. The van der Waals surface area contributed by atoms with E-state index in [9.17, 15) is 14.0 Å². The van der Waals surface area contributed by atoms with Gasteiger partial charge in [-0.2, -0.15) is 0 Å². The molecule has 0 radical (unpaired) electrons. The number of hydrogen-bond donors (Lipinski definition) is 1. The minimum atomic E-state index is -1.41. The zero-order valence-electron chi connectivity index (χ0n) is 11.0. The Balaban J connectivity index is 2.61. The van der Waals surface area contributed by atoms with Gasteiger partial charge in [-0.05, 0) is 33.6 Å². The summed E-state index contributed by atoms with van der Waals surface area (Å²) in [5, 5.41) is 8.87. The monoisotopic (exact) mass is 261 g/mol. The number of carboxylic acid groups (broad SMARTS) is 1. The minimum absolute atomic E-state index is 0.0379. The fourth-order valence-electron chi connectivity index (χ4n) is 1.86. The first-order valence-electron chi connectivity index (χ1n) is 6.05. The molecule has 1 aliphatic heterocycles. The fourth-order valence-corrected chi connectivity index (χ4v) is 1.86. The number of aliphatic carboxylic acids is 1. The van der Waals surface area contributed by atoms with Gasteiger partial charge in [0.05, 0.1) is 5.92 Å². The number of halogens is 1. The molecule has 1 N–H and O–H groups in total. The van der Waals surface area contributed by atoms with Crippen molar-refractivity contribution >= 4 is 12.1 Å². The van der Waals surface area contributed by atoms with E-state index in [0.717, 1.165) is 0 Å². The summed E-state index contributed by atoms with van der Waals surface area (Å²) in [4.78, 5) is 24.0. The number of hydrogen-bond acceptors (Lipinski definition) is 3. The molecule has 104 valence electrons. The predicted octanol–water partition coefficient (Wildman–Crippen LogP) is 2.06. The first-order valence-corrected chi connectivity index (χ1v) is 6.05. The molecule has 0 saturated carbocycles. The maximum absolute atomic E-state index is 13.6. The highest BCUT2D eigenvalue weighted by Gasteiger charge is 2.34. The van der Waals surface area contributed by atoms with Crippen molar-refractivity contribution in [2.45, 2.75) is 45.4 Å². The van der Waals surface area contributed by atoms with E-state index < -0.39 is 29.8 Å². The summed E-state index contributed by atoms with van der Waals surface area (Å²) in [5.41, 5.74) is -0.606. The summed E-state index contributed by atoms with van der Waals surface area (Å²) in [6.07, 6.45) is -1.76. The third kappa shape index (κ3) is 4.16. The third-order valence-corrected chi connectivity index (χ3v) is 2.79. The van der Waals surface area contributed by atoms with Crippen LogP contribution in [0.1, 0.15) is 33.6 Å². The van der Waals surface area contributed by atoms with Gasteiger partial charge in [0, 0.05) is 13.1 Å². The van der Waals surface area contributed by atoms with Gasteiger partial charge < -0.3 is 14.7 Å². The number of carbonyl (C=O) groups is 2. The lowest BCUT2D eigenvalue weighted by Crippen LogP contribution is -2.37. The van der Waals surface area contributed by atoms with Crippen LogP contribution in [0, 0.1) is 5.92 Å². The number of carbonyl (C=O) groups excluding carboxylic acids is 1. The second-order valence-corrected chi connectivity index (χ2v) is 5.51. The molecule has 1 amide bonds. The van der Waals surface area contributed by atoms with E-state index in [2.05, 4.69) is 0 Å². The molecule has 0 aromatic carbocycles. The predicted molar refractivity (Wildman–Crippen MR) is 63.1 cm³/mol. The topological polar surface area (TPSA) is 66.8 Å². The lowest BCUT2D eigenvalue weighted by molar-refractivity contribution is -0.144. The number of carboxylic acids is 1. The van der Waals surface area contributed by atoms with Crippen molar-refractivity contribution in [1.29, 1.82) is 0 Å². The summed E-state index contributed by atoms with van der Waals surface area (Å²) < 4.78 is 18.8. The first kappa shape index (κ1) is 14.7. The average molecular weight is 261 g/mol. The Labute approximate surface area is 106 Å². The van der Waals surface area contributed by atoms with Gasteiger partial charge in [-0.1, -0.05) is 0 Å². The van der Waals surface area contributed by atoms with Gasteiger partial charge in [-0.25, -0.2) is 9.18 Å². The number of nitrogens with zero attached hydrogens (tertiary/aromatic N) is 1. The van der Waals surface area contributed by atoms with E-state index in [1.54, 1.807) is 20.8 Å². The number of amides is 1. The Morgan fingerprint density at radius 1 is 1.28 bits per heavy atom. The van der Waals surface area contributed by atoms with E-state index in [-0.39, 0.29) is 25.9 Å². The van der Waals surface area contributed by atoms with Gasteiger partial charge in [0.25, 0.3) is 0 Å². The zero-order chi connectivity index (χ0) is 13.9. The third-order valence-electron chi connectivity index (χ3n) is 2.79. The van der Waals surface area contributed by atoms with Gasteiger partial charge in [0.2, 0.25) is 0 Å². The van der Waals surface area contributed by atoms with Crippen LogP contribution in [-0.2, 0) is 9.53 Å². The smallest absolute Gasteiger partial charge is 0.410 e. The molecule has 0 aromatic rings. The molecule has 1 aliphatic rings. The largest absolute Gasteiger partial charge is 0.481 e. The van der Waals surface area contributed by atoms with Crippen LogP contribution in [0.25, 0.3) is 0 Å². The van der Waals surface area contributed by atoms with Crippen LogP contribution in [-0.4, -0.2) is 46.9 Å². The molecule has 1 rings (SSSR count). The summed E-state index contributed by atoms with van der Waals surface area (Å²) in [6.45, 7) is 5.66. The molecular formula is C12H20FNO4. The van der Waals surface area contributed by atoms with Crippen molar-refractivity contribution in [3.05, 3.63) is 0 Å². The molecular weight excluding hydrogens is 241 g/mol. The molecule has 2 atom stereocenters. The van der Waals surface area contributed by atoms with Crippen LogP contribution in [0.3, 0.4) is 0 Å². The average Bonchev–Trinajstić information content (AvgIpc) is 2.37. The summed E-state index contributed by atoms with van der Waals surface area (Å²) in [5.74, 6) is -2.18. The molecule has 1 heterocycles. The molecule has 6 heteroatoms. The van der Waals surface area contributed by atoms with E-state index in [4.69, 9.17) is 9.84 Å². The van der Waals surface area contributed by atoms with Gasteiger partial charge in [-0.15, -0.1) is 0 Å². The molecule has 0 spiro atoms. The zero-order valence-corrected chi connectivity index (χ0v) is 11.0. The van der Waals surface area contributed by atoms with Gasteiger partial charge in [0.1, 0.15) is 11.8 Å². The highest BCUT2D eigenvalue weighted by molar-refractivity contribution is 5.71. The lowest BCUT2D eigenvalue weighted by atomic mass is 9.99. The summed E-state index contributed by atoms with van der Waals surface area (Å²) in [6, 6.07) is 0. The normalized spacial score (nSPS) is 25.4. The van der Waals surface area contributed by atoms with Gasteiger partial charge in [0.15, 0.2) is 0 Å². The summed E-state index contributed by atoms with van der Waals surface area (Å²) in [7, 11) is 0. The van der Waals surface area contributed by atoms with E-state index >= 15 is 0 Å². The Morgan fingerprint density at radius 2 is 1.83 bits per heavy atom. The van der Waals surface area contributed by atoms with E-state index in [1.165, 1.54) is 4.90 Å². The fraction of sp³-hybridized carbons (Fsp3) is 0.833. The quantitative estimate of drug-likeness (QED) is 0.784. The van der Waals surface area contributed by atoms with E-state index in [1.807, 2.05) is 0 Å². The first-order chi connectivity index (χ1) is 8.20. The maximum atomic E-state index is 13.6. The number of rotatable bonds is 1. The van der Waals surface area contributed by atoms with Crippen LogP contribution < -0.4 is 0 Å². The maximum Gasteiger partial charge on any atom is 0.410 e. The SMILES string of the molecule is CC(C)(C)OC(=O)N1CC[C@H](F)[C@H](C(=O)O)CC1. The van der Waals surface area contributed by atoms with Crippen LogP contribution in [0.15, 0.2) is 0 Å². The molecule has 0 unspecified atom stereocenters. The van der Waals surface area contributed by atoms with E-state index in [0.29, 0.717) is 0 Å². The molecule has 0 bridgehead atoms. The van der Waals surface area contributed by atoms with Crippen LogP contribution >= 0.6 is 0 Å². The summed E-state index contributed by atoms with van der Waals surface area (Å²) >= 11 is 0. The highest BCUT2D eigenvalue weighted by atomic mass is 19.1. The number of ether oxygens (including phenoxy) is 1. The van der Waals surface area contributed by atoms with Crippen LogP contribution in [0.4, 0.5) is 9.18 Å². The Morgan fingerprint density at radius 3 is 2.33 bits per heavy atom. The van der Waals surface area contributed by atoms with Crippen LogP contribution in [0.2, 0.25) is 0 Å². The molecule has 18 heavy (non-hydrogen) atoms. The lowest BCUT2D eigenvalue weighted by Gasteiger charge is -2.26. The highest BCUT2D eigenvalue weighted by Crippen LogP contribution is 2.22.